The van der Waals surface area contributed by atoms with Crippen LogP contribution in [0.25, 0.3) is 22.2 Å². The van der Waals surface area contributed by atoms with Crippen LogP contribution in [0.5, 0.6) is 6.01 Å². The van der Waals surface area contributed by atoms with Crippen LogP contribution in [0.3, 0.4) is 0 Å². The number of hydrogen-bond acceptors (Lipinski definition) is 10. The molecule has 0 spiro atoms. The van der Waals surface area contributed by atoms with E-state index in [0.717, 1.165) is 31.4 Å². The summed E-state index contributed by atoms with van der Waals surface area (Å²) < 4.78 is 85.6. The van der Waals surface area contributed by atoms with Crippen molar-refractivity contribution in [1.82, 2.24) is 29.7 Å². The lowest BCUT2D eigenvalue weighted by Crippen LogP contribution is -2.55. The molecule has 1 amide bonds. The summed E-state index contributed by atoms with van der Waals surface area (Å²) in [6.07, 6.45) is 2.63. The van der Waals surface area contributed by atoms with Crippen LogP contribution >= 0.6 is 11.6 Å². The smallest absolute Gasteiger partial charge is 0.418 e. The highest BCUT2D eigenvalue weighted by atomic mass is 35.5. The second-order valence-corrected chi connectivity index (χ2v) is 15.5. The maximum absolute atomic E-state index is 16.6. The molecular weight excluding hydrogens is 747 g/mol. The number of carbonyl (C=O) groups is 1. The number of nitriles is 1. The Kier molecular flexibility index (Phi) is 10.3. The second-order valence-electron chi connectivity index (χ2n) is 15.1. The number of pyridine rings is 1. The number of hydrogen-bond donors (Lipinski definition) is 0. The van der Waals surface area contributed by atoms with Gasteiger partial charge in [0.1, 0.15) is 29.8 Å². The zero-order valence-electron chi connectivity index (χ0n) is 30.0. The van der Waals surface area contributed by atoms with E-state index in [1.54, 1.807) is 15.9 Å². The van der Waals surface area contributed by atoms with E-state index in [1.807, 2.05) is 11.0 Å². The number of alkyl halides is 4. The number of morpholine rings is 1. The van der Waals surface area contributed by atoms with E-state index >= 15 is 4.39 Å². The van der Waals surface area contributed by atoms with Gasteiger partial charge >= 0.3 is 12.2 Å². The molecular formula is C38H40ClF5N8O3. The quantitative estimate of drug-likeness (QED) is 0.195. The third-order valence-electron chi connectivity index (χ3n) is 11.8. The minimum atomic E-state index is -4.91. The van der Waals surface area contributed by atoms with Gasteiger partial charge in [0.25, 0.3) is 0 Å². The van der Waals surface area contributed by atoms with E-state index in [-0.39, 0.29) is 74.3 Å². The van der Waals surface area contributed by atoms with Crippen LogP contribution in [0.15, 0.2) is 36.5 Å². The first-order valence-electron chi connectivity index (χ1n) is 18.6. The molecule has 2 aromatic heterocycles. The predicted octanol–water partition coefficient (Wildman–Crippen LogP) is 5.81. The van der Waals surface area contributed by atoms with Crippen molar-refractivity contribution in [3.8, 4) is 23.3 Å². The molecule has 8 rings (SSSR count). The molecule has 5 fully saturated rings. The number of aromatic nitrogens is 3. The normalized spacial score (nSPS) is 27.3. The first-order chi connectivity index (χ1) is 26.5. The van der Waals surface area contributed by atoms with E-state index in [9.17, 15) is 27.6 Å². The maximum Gasteiger partial charge on any atom is 0.418 e. The lowest BCUT2D eigenvalue weighted by molar-refractivity contribution is -0.137. The van der Waals surface area contributed by atoms with Gasteiger partial charge in [0.05, 0.1) is 53.3 Å². The van der Waals surface area contributed by atoms with E-state index in [1.165, 1.54) is 12.3 Å². The summed E-state index contributed by atoms with van der Waals surface area (Å²) in [5, 5.41) is 9.27. The Morgan fingerprint density at radius 1 is 1.15 bits per heavy atom. The number of amides is 1. The van der Waals surface area contributed by atoms with Gasteiger partial charge in [-0.1, -0.05) is 29.8 Å². The largest absolute Gasteiger partial charge is 0.461 e. The van der Waals surface area contributed by atoms with Gasteiger partial charge < -0.3 is 19.3 Å². The third kappa shape index (κ3) is 7.20. The van der Waals surface area contributed by atoms with Gasteiger partial charge in [-0.25, -0.2) is 8.78 Å². The summed E-state index contributed by atoms with van der Waals surface area (Å²) in [5.41, 5.74) is -3.31. The number of fused-ring (bicyclic) bond motifs is 4. The van der Waals surface area contributed by atoms with Crippen molar-refractivity contribution in [3.63, 3.8) is 0 Å². The summed E-state index contributed by atoms with van der Waals surface area (Å²) >= 11 is 5.98. The Bertz CT molecular complexity index is 2020. The fraction of sp³-hybridized carbons (Fsp3) is 0.553. The molecule has 0 aliphatic carbocycles. The molecule has 0 unspecified atom stereocenters. The highest BCUT2D eigenvalue weighted by Crippen LogP contribution is 2.44. The van der Waals surface area contributed by atoms with Crippen molar-refractivity contribution in [3.05, 3.63) is 53.0 Å². The zero-order chi connectivity index (χ0) is 38.5. The van der Waals surface area contributed by atoms with Crippen molar-refractivity contribution >= 4 is 34.2 Å². The van der Waals surface area contributed by atoms with Crippen LogP contribution in [-0.4, -0.2) is 124 Å². The van der Waals surface area contributed by atoms with E-state index in [4.69, 9.17) is 21.1 Å². The molecule has 1 aromatic carbocycles. The number of benzene rings is 1. The highest BCUT2D eigenvalue weighted by Gasteiger charge is 2.49. The summed E-state index contributed by atoms with van der Waals surface area (Å²) in [4.78, 5) is 34.5. The molecule has 5 aliphatic rings. The molecule has 0 N–H and O–H groups in total. The Morgan fingerprint density at radius 3 is 2.71 bits per heavy atom. The Morgan fingerprint density at radius 2 is 1.95 bits per heavy atom. The molecule has 0 radical (unpaired) electrons. The number of carbonyl (C=O) groups excluding carboxylic acids is 1. The predicted molar refractivity (Wildman–Crippen MR) is 193 cm³/mol. The van der Waals surface area contributed by atoms with E-state index in [2.05, 4.69) is 25.9 Å². The zero-order valence-corrected chi connectivity index (χ0v) is 30.7. The van der Waals surface area contributed by atoms with E-state index in [0.29, 0.717) is 44.8 Å². The standard InChI is InChI=1S/C38H40ClF5N8O3/c39-29-5-1-4-27(31(29)38(42,43)44)33-32(41)34-28(17-46-33)35(48-36(47-34)55-22-37-10-3-12-50(37)18-23(40)16-37)49-14-15-52(24(19-49)9-11-45)30(53)6-2-13-51-25-7-8-26(51)21-54-20-25/h1-2,4-6,17,23-26H,3,7-10,12-16,18-22H2/b6-2+/t23-,24+,25-,26+,37+/m1/s1. The molecule has 5 aliphatic heterocycles. The lowest BCUT2D eigenvalue weighted by atomic mass is 9.95. The summed E-state index contributed by atoms with van der Waals surface area (Å²) in [6.45, 7) is 3.60. The minimum Gasteiger partial charge on any atom is -0.461 e. The fourth-order valence-corrected chi connectivity index (χ4v) is 9.45. The Labute approximate surface area is 319 Å². The maximum atomic E-state index is 16.6. The Balaban J connectivity index is 1.11. The van der Waals surface area contributed by atoms with Crippen molar-refractivity contribution in [2.45, 2.75) is 74.5 Å². The van der Waals surface area contributed by atoms with Gasteiger partial charge in [0.2, 0.25) is 5.91 Å². The van der Waals surface area contributed by atoms with Gasteiger partial charge in [0, 0.05) is 69.1 Å². The number of anilines is 1. The van der Waals surface area contributed by atoms with Crippen LogP contribution in [0.2, 0.25) is 5.02 Å². The van der Waals surface area contributed by atoms with Crippen LogP contribution in [0.1, 0.15) is 44.1 Å². The molecule has 2 bridgehead atoms. The molecule has 17 heteroatoms. The van der Waals surface area contributed by atoms with Crippen molar-refractivity contribution < 1.29 is 36.2 Å². The monoisotopic (exact) mass is 786 g/mol. The van der Waals surface area contributed by atoms with Crippen molar-refractivity contribution in [2.24, 2.45) is 0 Å². The fourth-order valence-electron chi connectivity index (χ4n) is 9.17. The van der Waals surface area contributed by atoms with Crippen molar-refractivity contribution in [1.29, 1.82) is 5.26 Å². The average molecular weight is 787 g/mol. The van der Waals surface area contributed by atoms with Gasteiger partial charge in [-0.05, 0) is 38.3 Å². The lowest BCUT2D eigenvalue weighted by Gasteiger charge is -2.41. The van der Waals surface area contributed by atoms with Gasteiger partial charge in [0.15, 0.2) is 5.82 Å². The molecule has 5 atom stereocenters. The third-order valence-corrected chi connectivity index (χ3v) is 12.1. The van der Waals surface area contributed by atoms with Crippen LogP contribution in [-0.2, 0) is 15.7 Å². The summed E-state index contributed by atoms with van der Waals surface area (Å²) in [5.74, 6) is -1.19. The highest BCUT2D eigenvalue weighted by molar-refractivity contribution is 6.31. The average Bonchev–Trinajstić information content (AvgIpc) is 3.75. The van der Waals surface area contributed by atoms with Gasteiger partial charge in [-0.3, -0.25) is 19.6 Å². The summed E-state index contributed by atoms with van der Waals surface area (Å²) in [7, 11) is 0. The number of ether oxygens (including phenoxy) is 2. The Hall–Kier alpha value is -4.17. The number of rotatable bonds is 9. The van der Waals surface area contributed by atoms with Crippen LogP contribution in [0.4, 0.5) is 27.8 Å². The van der Waals surface area contributed by atoms with Gasteiger partial charge in [-0.15, -0.1) is 0 Å². The molecule has 292 valence electrons. The molecule has 11 nitrogen and oxygen atoms in total. The first kappa shape index (κ1) is 37.7. The van der Waals surface area contributed by atoms with Crippen LogP contribution in [0, 0.1) is 17.1 Å². The molecule has 3 aromatic rings. The molecule has 5 saturated heterocycles. The molecule has 0 saturated carbocycles. The number of halogens is 6. The minimum absolute atomic E-state index is 0.00453. The second kappa shape index (κ2) is 15.1. The molecule has 7 heterocycles. The number of nitrogens with zero attached hydrogens (tertiary/aromatic N) is 8. The topological polar surface area (TPSA) is 111 Å². The van der Waals surface area contributed by atoms with Crippen LogP contribution < -0.4 is 9.64 Å². The first-order valence-corrected chi connectivity index (χ1v) is 19.0. The molecule has 55 heavy (non-hydrogen) atoms. The van der Waals surface area contributed by atoms with Gasteiger partial charge in [-0.2, -0.15) is 28.4 Å². The van der Waals surface area contributed by atoms with Crippen molar-refractivity contribution in [2.75, 3.05) is 64.0 Å². The SMILES string of the molecule is N#CC[C@H]1CN(c2nc(OC[C@@]34CCCN3C[C@H](F)C4)nc3c(F)c(-c4cccc(Cl)c4C(F)(F)F)ncc23)CCN1C(=O)/C=C/CN1[C@@H]2CC[C@H]1COC2. The summed E-state index contributed by atoms with van der Waals surface area (Å²) in [6, 6.07) is 5.50. The number of piperazine rings is 1. The van der Waals surface area contributed by atoms with E-state index < -0.39 is 51.6 Å².